The Balaban J connectivity index is 1.65. The summed E-state index contributed by atoms with van der Waals surface area (Å²) in [7, 11) is 0. The lowest BCUT2D eigenvalue weighted by molar-refractivity contribution is 0.625. The molecule has 2 aliphatic rings. The third-order valence-electron chi connectivity index (χ3n) is 5.78. The first-order valence-corrected chi connectivity index (χ1v) is 9.26. The van der Waals surface area contributed by atoms with Crippen LogP contribution in [0.1, 0.15) is 34.9 Å². The maximum Gasteiger partial charge on any atom is 0.0515 e. The van der Waals surface area contributed by atoms with E-state index in [-0.39, 0.29) is 0 Å². The van der Waals surface area contributed by atoms with Gasteiger partial charge in [-0.05, 0) is 35.6 Å². The minimum Gasteiger partial charge on any atom is -0.347 e. The molecule has 0 saturated carbocycles. The summed E-state index contributed by atoms with van der Waals surface area (Å²) in [6.07, 6.45) is 4.86. The molecule has 3 aromatic rings. The van der Waals surface area contributed by atoms with Gasteiger partial charge in [0.2, 0.25) is 0 Å². The van der Waals surface area contributed by atoms with Crippen LogP contribution in [0.2, 0.25) is 5.02 Å². The van der Waals surface area contributed by atoms with Gasteiger partial charge in [0.25, 0.3) is 0 Å². The molecule has 1 saturated heterocycles. The average Bonchev–Trinajstić information content (AvgIpc) is 3.22. The molecule has 0 spiro atoms. The third-order valence-corrected chi connectivity index (χ3v) is 6.12. The summed E-state index contributed by atoms with van der Waals surface area (Å²) in [5.41, 5.74) is 5.73. The minimum absolute atomic E-state index is 0.446. The quantitative estimate of drug-likeness (QED) is 0.717. The van der Waals surface area contributed by atoms with E-state index in [4.69, 9.17) is 11.6 Å². The molecule has 0 radical (unpaired) electrons. The zero-order valence-electron chi connectivity index (χ0n) is 13.6. The van der Waals surface area contributed by atoms with E-state index in [0.29, 0.717) is 11.8 Å². The first kappa shape index (κ1) is 14.6. The number of aromatic nitrogens is 1. The summed E-state index contributed by atoms with van der Waals surface area (Å²) < 4.78 is 2.48. The Labute approximate surface area is 147 Å². The van der Waals surface area contributed by atoms with E-state index in [0.717, 1.165) is 24.7 Å². The Morgan fingerprint density at radius 3 is 2.67 bits per heavy atom. The average molecular weight is 337 g/mol. The Hall–Kier alpha value is -1.77. The number of rotatable bonds is 2. The van der Waals surface area contributed by atoms with Crippen LogP contribution in [0.25, 0.3) is 10.9 Å². The molecule has 1 fully saturated rings. The molecule has 2 nitrogen and oxygen atoms in total. The normalized spacial score (nSPS) is 23.0. The Morgan fingerprint density at radius 1 is 0.958 bits per heavy atom. The van der Waals surface area contributed by atoms with Gasteiger partial charge in [0.05, 0.1) is 5.52 Å². The van der Waals surface area contributed by atoms with Crippen molar-refractivity contribution in [3.8, 4) is 0 Å². The topological polar surface area (TPSA) is 17.0 Å². The van der Waals surface area contributed by atoms with Crippen molar-refractivity contribution in [1.82, 2.24) is 9.88 Å². The van der Waals surface area contributed by atoms with Gasteiger partial charge in [-0.3, -0.25) is 0 Å². The van der Waals surface area contributed by atoms with Crippen LogP contribution in [-0.2, 0) is 13.0 Å². The molecule has 122 valence electrons. The van der Waals surface area contributed by atoms with Crippen molar-refractivity contribution in [2.45, 2.75) is 31.2 Å². The van der Waals surface area contributed by atoms with Gasteiger partial charge >= 0.3 is 0 Å². The summed E-state index contributed by atoms with van der Waals surface area (Å²) in [5.74, 6) is 0.934. The van der Waals surface area contributed by atoms with Gasteiger partial charge < -0.3 is 9.88 Å². The maximum atomic E-state index is 6.51. The van der Waals surface area contributed by atoms with Gasteiger partial charge in [-0.15, -0.1) is 0 Å². The van der Waals surface area contributed by atoms with Crippen LogP contribution in [0.15, 0.2) is 48.7 Å². The molecular formula is C21H21ClN2. The van der Waals surface area contributed by atoms with Crippen molar-refractivity contribution in [2.75, 3.05) is 13.1 Å². The molecule has 0 amide bonds. The molecule has 2 aliphatic heterocycles. The number of nitrogens with zero attached hydrogens (tertiary/aromatic N) is 1. The van der Waals surface area contributed by atoms with Crippen LogP contribution < -0.4 is 5.32 Å². The first-order chi connectivity index (χ1) is 11.8. The molecule has 1 N–H and O–H groups in total. The molecule has 0 bridgehead atoms. The standard InChI is InChI=1S/C21H21ClN2/c22-20-9-2-1-7-15(20)17-11-23-12-18(17)19-13-24-10-4-6-14-5-3-8-16(19)21(14)24/h1-3,5,7-9,13,17-18,23H,4,6,10-12H2/t17-,18+/m0/s1. The van der Waals surface area contributed by atoms with Gasteiger partial charge in [-0.2, -0.15) is 0 Å². The van der Waals surface area contributed by atoms with Gasteiger partial charge in [0, 0.05) is 48.1 Å². The predicted molar refractivity (Wildman–Crippen MR) is 100 cm³/mol. The Bertz CT molecular complexity index is 911. The minimum atomic E-state index is 0.446. The number of hydrogen-bond acceptors (Lipinski definition) is 1. The van der Waals surface area contributed by atoms with Gasteiger partial charge in [-0.1, -0.05) is 48.0 Å². The van der Waals surface area contributed by atoms with Crippen LogP contribution in [0.4, 0.5) is 0 Å². The Morgan fingerprint density at radius 2 is 1.79 bits per heavy atom. The van der Waals surface area contributed by atoms with E-state index in [1.165, 1.54) is 40.4 Å². The molecule has 2 aromatic carbocycles. The molecule has 1 aromatic heterocycles. The van der Waals surface area contributed by atoms with E-state index in [9.17, 15) is 0 Å². The number of para-hydroxylation sites is 1. The molecule has 3 heterocycles. The summed E-state index contributed by atoms with van der Waals surface area (Å²) in [4.78, 5) is 0. The number of hydrogen-bond donors (Lipinski definition) is 1. The Kier molecular flexibility index (Phi) is 3.43. The highest BCUT2D eigenvalue weighted by atomic mass is 35.5. The predicted octanol–water partition coefficient (Wildman–Crippen LogP) is 4.71. The van der Waals surface area contributed by atoms with E-state index < -0.39 is 0 Å². The van der Waals surface area contributed by atoms with E-state index in [2.05, 4.69) is 46.4 Å². The summed E-state index contributed by atoms with van der Waals surface area (Å²) in [6.45, 7) is 3.17. The fourth-order valence-corrected chi connectivity index (χ4v) is 4.96. The largest absolute Gasteiger partial charge is 0.347 e. The molecule has 2 atom stereocenters. The molecule has 5 rings (SSSR count). The zero-order chi connectivity index (χ0) is 16.1. The van der Waals surface area contributed by atoms with Crippen LogP contribution in [-0.4, -0.2) is 17.7 Å². The molecular weight excluding hydrogens is 316 g/mol. The van der Waals surface area contributed by atoms with E-state index >= 15 is 0 Å². The number of benzene rings is 2. The van der Waals surface area contributed by atoms with Crippen LogP contribution in [0.5, 0.6) is 0 Å². The highest BCUT2D eigenvalue weighted by Gasteiger charge is 2.33. The highest BCUT2D eigenvalue weighted by Crippen LogP contribution is 2.42. The van der Waals surface area contributed by atoms with Crippen LogP contribution in [0, 0.1) is 0 Å². The fourth-order valence-electron chi connectivity index (χ4n) is 4.69. The smallest absolute Gasteiger partial charge is 0.0515 e. The monoisotopic (exact) mass is 336 g/mol. The van der Waals surface area contributed by atoms with E-state index in [1.807, 2.05) is 12.1 Å². The lowest BCUT2D eigenvalue weighted by Crippen LogP contribution is -2.09. The fraction of sp³-hybridized carbons (Fsp3) is 0.333. The second kappa shape index (κ2) is 5.65. The maximum absolute atomic E-state index is 6.51. The van der Waals surface area contributed by atoms with E-state index in [1.54, 1.807) is 0 Å². The van der Waals surface area contributed by atoms with Crippen molar-refractivity contribution in [3.63, 3.8) is 0 Å². The van der Waals surface area contributed by atoms with Crippen molar-refractivity contribution in [2.24, 2.45) is 0 Å². The van der Waals surface area contributed by atoms with Crippen molar-refractivity contribution >= 4 is 22.5 Å². The lowest BCUT2D eigenvalue weighted by Gasteiger charge is -2.20. The third kappa shape index (κ3) is 2.13. The highest BCUT2D eigenvalue weighted by molar-refractivity contribution is 6.31. The lowest BCUT2D eigenvalue weighted by atomic mass is 9.83. The van der Waals surface area contributed by atoms with Gasteiger partial charge in [0.15, 0.2) is 0 Å². The van der Waals surface area contributed by atoms with Gasteiger partial charge in [-0.25, -0.2) is 0 Å². The molecule has 24 heavy (non-hydrogen) atoms. The summed E-state index contributed by atoms with van der Waals surface area (Å²) in [5, 5.41) is 5.94. The van der Waals surface area contributed by atoms with Crippen molar-refractivity contribution < 1.29 is 0 Å². The summed E-state index contributed by atoms with van der Waals surface area (Å²) >= 11 is 6.51. The SMILES string of the molecule is Clc1ccccc1[C@@H]1CNC[C@H]1c1cn2c3c(cccc13)CCC2. The number of nitrogens with one attached hydrogen (secondary N) is 1. The number of aryl methyl sites for hydroxylation is 2. The second-order valence-electron chi connectivity index (χ2n) is 7.09. The molecule has 3 heteroatoms. The zero-order valence-corrected chi connectivity index (χ0v) is 14.4. The molecule has 0 aliphatic carbocycles. The summed E-state index contributed by atoms with van der Waals surface area (Å²) in [6, 6.07) is 15.1. The number of halogens is 1. The first-order valence-electron chi connectivity index (χ1n) is 8.88. The molecule has 0 unspecified atom stereocenters. The second-order valence-corrected chi connectivity index (χ2v) is 7.49. The van der Waals surface area contributed by atoms with Crippen molar-refractivity contribution in [1.29, 1.82) is 0 Å². The van der Waals surface area contributed by atoms with Crippen molar-refractivity contribution in [3.05, 3.63) is 70.4 Å². The van der Waals surface area contributed by atoms with Crippen LogP contribution in [0.3, 0.4) is 0 Å². The van der Waals surface area contributed by atoms with Crippen LogP contribution >= 0.6 is 11.6 Å². The van der Waals surface area contributed by atoms with Gasteiger partial charge in [0.1, 0.15) is 0 Å².